The molecule has 1 saturated heterocycles. The highest BCUT2D eigenvalue weighted by atomic mass is 32.1. The number of methoxy groups -OCH3 is 2. The van der Waals surface area contributed by atoms with Crippen LogP contribution in [0.25, 0.3) is 32.4 Å². The second-order valence-corrected chi connectivity index (χ2v) is 9.87. The van der Waals surface area contributed by atoms with Crippen LogP contribution in [0.15, 0.2) is 72.8 Å². The Bertz CT molecular complexity index is 1590. The zero-order valence-corrected chi connectivity index (χ0v) is 21.5. The SMILES string of the molecule is COc1ccc2sc(N3CCN(C(=O)c4cc(-c5ccccc5)nc5ccccc45)CC3)nc2c1OC. The summed E-state index contributed by atoms with van der Waals surface area (Å²) in [5, 5.41) is 1.80. The molecule has 186 valence electrons. The van der Waals surface area contributed by atoms with Gasteiger partial charge in [0, 0.05) is 37.1 Å². The average molecular weight is 511 g/mol. The largest absolute Gasteiger partial charge is 0.493 e. The zero-order valence-electron chi connectivity index (χ0n) is 20.7. The van der Waals surface area contributed by atoms with E-state index in [0.717, 1.165) is 37.5 Å². The van der Waals surface area contributed by atoms with Crippen LogP contribution in [-0.4, -0.2) is 61.2 Å². The van der Waals surface area contributed by atoms with Gasteiger partial charge >= 0.3 is 0 Å². The van der Waals surface area contributed by atoms with Crippen LogP contribution in [0.5, 0.6) is 11.5 Å². The standard InChI is InChI=1S/C29H26N4O3S/c1-35-24-12-13-25-26(27(24)36-2)31-29(37-25)33-16-14-32(15-17-33)28(34)21-18-23(19-8-4-3-5-9-19)30-22-11-7-6-10-20(21)22/h3-13,18H,14-17H2,1-2H3. The Hall–Kier alpha value is -4.17. The van der Waals surface area contributed by atoms with Crippen molar-refractivity contribution in [2.45, 2.75) is 0 Å². The van der Waals surface area contributed by atoms with Gasteiger partial charge in [0.05, 0.1) is 35.7 Å². The molecule has 6 rings (SSSR count). The lowest BCUT2D eigenvalue weighted by atomic mass is 10.0. The van der Waals surface area contributed by atoms with Gasteiger partial charge in [-0.2, -0.15) is 0 Å². The normalized spacial score (nSPS) is 13.8. The first-order valence-corrected chi connectivity index (χ1v) is 13.0. The number of carbonyl (C=O) groups is 1. The van der Waals surface area contributed by atoms with Gasteiger partial charge in [0.2, 0.25) is 0 Å². The molecule has 0 radical (unpaired) electrons. The number of ether oxygens (including phenoxy) is 2. The van der Waals surface area contributed by atoms with Gasteiger partial charge in [-0.05, 0) is 24.3 Å². The number of anilines is 1. The fourth-order valence-electron chi connectivity index (χ4n) is 4.81. The van der Waals surface area contributed by atoms with E-state index in [9.17, 15) is 4.79 Å². The molecule has 0 saturated carbocycles. The van der Waals surface area contributed by atoms with Crippen molar-refractivity contribution in [3.63, 3.8) is 0 Å². The first-order chi connectivity index (χ1) is 18.2. The van der Waals surface area contributed by atoms with Crippen molar-refractivity contribution in [3.05, 3.63) is 78.4 Å². The van der Waals surface area contributed by atoms with Crippen molar-refractivity contribution < 1.29 is 14.3 Å². The molecule has 1 fully saturated rings. The van der Waals surface area contributed by atoms with Crippen LogP contribution in [0.4, 0.5) is 5.13 Å². The number of rotatable bonds is 5. The number of aromatic nitrogens is 2. The van der Waals surface area contributed by atoms with Gasteiger partial charge in [-0.1, -0.05) is 59.9 Å². The molecule has 8 heteroatoms. The maximum Gasteiger partial charge on any atom is 0.254 e. The summed E-state index contributed by atoms with van der Waals surface area (Å²) in [6.45, 7) is 2.65. The van der Waals surface area contributed by atoms with E-state index >= 15 is 0 Å². The third kappa shape index (κ3) is 4.23. The average Bonchev–Trinajstić information content (AvgIpc) is 3.40. The summed E-state index contributed by atoms with van der Waals surface area (Å²) >= 11 is 1.63. The number of hydrogen-bond donors (Lipinski definition) is 0. The number of benzene rings is 3. The van der Waals surface area contributed by atoms with Gasteiger partial charge in [-0.15, -0.1) is 0 Å². The molecule has 5 aromatic rings. The van der Waals surface area contributed by atoms with E-state index in [0.29, 0.717) is 43.2 Å². The lowest BCUT2D eigenvalue weighted by molar-refractivity contribution is 0.0748. The smallest absolute Gasteiger partial charge is 0.254 e. The maximum atomic E-state index is 13.8. The van der Waals surface area contributed by atoms with E-state index < -0.39 is 0 Å². The number of pyridine rings is 1. The quantitative estimate of drug-likeness (QED) is 0.311. The fraction of sp³-hybridized carbons (Fsp3) is 0.207. The molecule has 2 aromatic heterocycles. The lowest BCUT2D eigenvalue weighted by Crippen LogP contribution is -2.48. The van der Waals surface area contributed by atoms with Gasteiger partial charge in [0.15, 0.2) is 16.6 Å². The third-order valence-electron chi connectivity index (χ3n) is 6.74. The van der Waals surface area contributed by atoms with Crippen molar-refractivity contribution in [3.8, 4) is 22.8 Å². The van der Waals surface area contributed by atoms with E-state index in [2.05, 4.69) is 4.90 Å². The monoisotopic (exact) mass is 510 g/mol. The van der Waals surface area contributed by atoms with E-state index in [1.165, 1.54) is 0 Å². The van der Waals surface area contributed by atoms with Crippen LogP contribution < -0.4 is 14.4 Å². The number of para-hydroxylation sites is 1. The molecule has 37 heavy (non-hydrogen) atoms. The minimum atomic E-state index is 0.0335. The molecule has 0 N–H and O–H groups in total. The Balaban J connectivity index is 1.26. The first-order valence-electron chi connectivity index (χ1n) is 12.2. The molecular weight excluding hydrogens is 484 g/mol. The van der Waals surface area contributed by atoms with Crippen LogP contribution >= 0.6 is 11.3 Å². The second-order valence-electron chi connectivity index (χ2n) is 8.86. The molecule has 0 unspecified atom stereocenters. The second kappa shape index (κ2) is 9.71. The molecule has 1 aliphatic heterocycles. The first kappa shape index (κ1) is 23.2. The van der Waals surface area contributed by atoms with Gasteiger partial charge in [-0.25, -0.2) is 9.97 Å². The minimum Gasteiger partial charge on any atom is -0.493 e. The van der Waals surface area contributed by atoms with Gasteiger partial charge in [0.25, 0.3) is 5.91 Å². The molecular formula is C29H26N4O3S. The third-order valence-corrected chi connectivity index (χ3v) is 7.83. The predicted octanol–water partition coefficient (Wildman–Crippen LogP) is 5.49. The van der Waals surface area contributed by atoms with Crippen molar-refractivity contribution in [2.75, 3.05) is 45.3 Å². The molecule has 1 amide bonds. The summed E-state index contributed by atoms with van der Waals surface area (Å²) in [6, 6.07) is 23.7. The lowest BCUT2D eigenvalue weighted by Gasteiger charge is -2.34. The van der Waals surface area contributed by atoms with Gasteiger partial charge < -0.3 is 19.3 Å². The van der Waals surface area contributed by atoms with Crippen molar-refractivity contribution in [1.82, 2.24) is 14.9 Å². The Labute approximate surface area is 218 Å². The summed E-state index contributed by atoms with van der Waals surface area (Å²) in [6.07, 6.45) is 0. The minimum absolute atomic E-state index is 0.0335. The van der Waals surface area contributed by atoms with E-state index in [-0.39, 0.29) is 5.91 Å². The van der Waals surface area contributed by atoms with E-state index in [1.54, 1.807) is 25.6 Å². The Kier molecular flexibility index (Phi) is 6.10. The number of hydrogen-bond acceptors (Lipinski definition) is 7. The number of carbonyl (C=O) groups excluding carboxylic acids is 1. The number of thiazole rings is 1. The Morgan fingerprint density at radius 3 is 2.38 bits per heavy atom. The molecule has 3 aromatic carbocycles. The summed E-state index contributed by atoms with van der Waals surface area (Å²) in [7, 11) is 3.26. The molecule has 3 heterocycles. The highest BCUT2D eigenvalue weighted by Crippen LogP contribution is 2.40. The molecule has 0 spiro atoms. The van der Waals surface area contributed by atoms with Crippen LogP contribution in [0.3, 0.4) is 0 Å². The van der Waals surface area contributed by atoms with Gasteiger partial charge in [-0.3, -0.25) is 4.79 Å². The summed E-state index contributed by atoms with van der Waals surface area (Å²) in [5.74, 6) is 1.35. The molecule has 0 aliphatic carbocycles. The molecule has 0 atom stereocenters. The summed E-state index contributed by atoms with van der Waals surface area (Å²) in [4.78, 5) is 27.6. The van der Waals surface area contributed by atoms with E-state index in [4.69, 9.17) is 19.4 Å². The fourth-order valence-corrected chi connectivity index (χ4v) is 5.83. The molecule has 7 nitrogen and oxygen atoms in total. The van der Waals surface area contributed by atoms with Crippen LogP contribution in [0.1, 0.15) is 10.4 Å². The number of nitrogens with zero attached hydrogens (tertiary/aromatic N) is 4. The van der Waals surface area contributed by atoms with Crippen LogP contribution in [0.2, 0.25) is 0 Å². The van der Waals surface area contributed by atoms with Crippen molar-refractivity contribution in [1.29, 1.82) is 0 Å². The topological polar surface area (TPSA) is 67.8 Å². The number of piperazine rings is 1. The molecule has 1 aliphatic rings. The van der Waals surface area contributed by atoms with Gasteiger partial charge in [0.1, 0.15) is 5.52 Å². The predicted molar refractivity (Wildman–Crippen MR) is 148 cm³/mol. The van der Waals surface area contributed by atoms with Crippen LogP contribution in [0, 0.1) is 0 Å². The molecule has 0 bridgehead atoms. The maximum absolute atomic E-state index is 13.8. The summed E-state index contributed by atoms with van der Waals surface area (Å²) in [5.41, 5.74) is 4.12. The zero-order chi connectivity index (χ0) is 25.4. The highest BCUT2D eigenvalue weighted by molar-refractivity contribution is 7.22. The van der Waals surface area contributed by atoms with Crippen molar-refractivity contribution in [2.24, 2.45) is 0 Å². The Morgan fingerprint density at radius 1 is 0.865 bits per heavy atom. The van der Waals surface area contributed by atoms with E-state index in [1.807, 2.05) is 77.7 Å². The highest BCUT2D eigenvalue weighted by Gasteiger charge is 2.26. The number of fused-ring (bicyclic) bond motifs is 2. The van der Waals surface area contributed by atoms with Crippen molar-refractivity contribution >= 4 is 43.5 Å². The Morgan fingerprint density at radius 2 is 1.62 bits per heavy atom. The van der Waals surface area contributed by atoms with Crippen LogP contribution in [-0.2, 0) is 0 Å². The number of amides is 1. The summed E-state index contributed by atoms with van der Waals surface area (Å²) < 4.78 is 12.0.